The van der Waals surface area contributed by atoms with Crippen molar-refractivity contribution in [2.45, 2.75) is 6.42 Å². The zero-order valence-corrected chi connectivity index (χ0v) is 9.76. The SMILES string of the molecule is c1ccc2c(c1)Cc1cc(-c3ccno3)ccc1-2. The summed E-state index contributed by atoms with van der Waals surface area (Å²) in [5.41, 5.74) is 6.57. The Kier molecular flexibility index (Phi) is 1.92. The van der Waals surface area contributed by atoms with Gasteiger partial charge in [0, 0.05) is 11.6 Å². The minimum Gasteiger partial charge on any atom is -0.356 e. The van der Waals surface area contributed by atoms with Gasteiger partial charge >= 0.3 is 0 Å². The van der Waals surface area contributed by atoms with E-state index in [1.165, 1.54) is 22.3 Å². The van der Waals surface area contributed by atoms with Gasteiger partial charge in [-0.2, -0.15) is 0 Å². The zero-order valence-electron chi connectivity index (χ0n) is 9.76. The smallest absolute Gasteiger partial charge is 0.166 e. The lowest BCUT2D eigenvalue weighted by atomic mass is 10.0. The molecule has 18 heavy (non-hydrogen) atoms. The summed E-state index contributed by atoms with van der Waals surface area (Å²) in [5.74, 6) is 0.828. The van der Waals surface area contributed by atoms with Gasteiger partial charge in [0.2, 0.25) is 0 Å². The van der Waals surface area contributed by atoms with Crippen molar-refractivity contribution in [1.82, 2.24) is 5.16 Å². The minimum atomic E-state index is 0.828. The van der Waals surface area contributed by atoms with Crippen LogP contribution >= 0.6 is 0 Å². The number of aromatic nitrogens is 1. The van der Waals surface area contributed by atoms with E-state index in [2.05, 4.69) is 47.6 Å². The fourth-order valence-electron chi connectivity index (χ4n) is 2.66. The quantitative estimate of drug-likeness (QED) is 0.498. The van der Waals surface area contributed by atoms with Crippen molar-refractivity contribution in [1.29, 1.82) is 0 Å². The molecule has 3 aromatic rings. The number of nitrogens with zero attached hydrogens (tertiary/aromatic N) is 1. The highest BCUT2D eigenvalue weighted by Gasteiger charge is 2.18. The summed E-state index contributed by atoms with van der Waals surface area (Å²) in [7, 11) is 0. The topological polar surface area (TPSA) is 26.0 Å². The number of hydrogen-bond acceptors (Lipinski definition) is 2. The number of benzene rings is 2. The van der Waals surface area contributed by atoms with Gasteiger partial charge in [-0.05, 0) is 34.7 Å². The fourth-order valence-corrected chi connectivity index (χ4v) is 2.66. The Balaban J connectivity index is 1.87. The molecule has 0 saturated carbocycles. The third-order valence-corrected chi connectivity index (χ3v) is 3.52. The zero-order chi connectivity index (χ0) is 11.9. The molecule has 0 fully saturated rings. The first-order valence-corrected chi connectivity index (χ1v) is 6.04. The van der Waals surface area contributed by atoms with Crippen molar-refractivity contribution < 1.29 is 4.52 Å². The first-order chi connectivity index (χ1) is 8.92. The van der Waals surface area contributed by atoms with E-state index in [4.69, 9.17) is 4.52 Å². The van der Waals surface area contributed by atoms with E-state index in [0.717, 1.165) is 17.7 Å². The highest BCUT2D eigenvalue weighted by atomic mass is 16.5. The van der Waals surface area contributed by atoms with E-state index in [-0.39, 0.29) is 0 Å². The fraction of sp³-hybridized carbons (Fsp3) is 0.0625. The molecule has 86 valence electrons. The van der Waals surface area contributed by atoms with Crippen molar-refractivity contribution in [2.24, 2.45) is 0 Å². The van der Waals surface area contributed by atoms with E-state index in [1.54, 1.807) is 6.20 Å². The van der Waals surface area contributed by atoms with Crippen molar-refractivity contribution in [3.8, 4) is 22.5 Å². The lowest BCUT2D eigenvalue weighted by Crippen LogP contribution is -1.82. The van der Waals surface area contributed by atoms with Gasteiger partial charge in [-0.1, -0.05) is 41.6 Å². The van der Waals surface area contributed by atoms with Gasteiger partial charge in [-0.15, -0.1) is 0 Å². The largest absolute Gasteiger partial charge is 0.356 e. The van der Waals surface area contributed by atoms with E-state index >= 15 is 0 Å². The minimum absolute atomic E-state index is 0.828. The lowest BCUT2D eigenvalue weighted by Gasteiger charge is -2.02. The molecule has 0 amide bonds. The van der Waals surface area contributed by atoms with Gasteiger partial charge in [0.25, 0.3) is 0 Å². The van der Waals surface area contributed by atoms with E-state index < -0.39 is 0 Å². The molecule has 0 aliphatic heterocycles. The van der Waals surface area contributed by atoms with Crippen molar-refractivity contribution in [3.63, 3.8) is 0 Å². The Morgan fingerprint density at radius 2 is 1.78 bits per heavy atom. The molecule has 0 unspecified atom stereocenters. The molecule has 2 aromatic carbocycles. The van der Waals surface area contributed by atoms with Crippen LogP contribution in [0.25, 0.3) is 22.5 Å². The third-order valence-electron chi connectivity index (χ3n) is 3.52. The second-order valence-corrected chi connectivity index (χ2v) is 4.58. The van der Waals surface area contributed by atoms with Crippen LogP contribution in [0.5, 0.6) is 0 Å². The molecule has 0 radical (unpaired) electrons. The predicted molar refractivity (Wildman–Crippen MR) is 70.2 cm³/mol. The van der Waals surface area contributed by atoms with Gasteiger partial charge in [0.15, 0.2) is 5.76 Å². The lowest BCUT2D eigenvalue weighted by molar-refractivity contribution is 0.432. The van der Waals surface area contributed by atoms with Crippen LogP contribution in [0.4, 0.5) is 0 Å². The van der Waals surface area contributed by atoms with Gasteiger partial charge in [0.05, 0.1) is 6.20 Å². The average Bonchev–Trinajstić information content (AvgIpc) is 3.05. The monoisotopic (exact) mass is 233 g/mol. The molecule has 4 rings (SSSR count). The molecular weight excluding hydrogens is 222 g/mol. The third kappa shape index (κ3) is 1.32. The molecule has 1 heterocycles. The molecule has 2 nitrogen and oxygen atoms in total. The van der Waals surface area contributed by atoms with Crippen LogP contribution in [-0.4, -0.2) is 5.16 Å². The highest BCUT2D eigenvalue weighted by Crippen LogP contribution is 2.38. The van der Waals surface area contributed by atoms with E-state index in [0.29, 0.717) is 0 Å². The van der Waals surface area contributed by atoms with Crippen LogP contribution in [0.15, 0.2) is 59.3 Å². The Hall–Kier alpha value is -2.35. The Morgan fingerprint density at radius 1 is 0.889 bits per heavy atom. The van der Waals surface area contributed by atoms with Crippen LogP contribution in [0.2, 0.25) is 0 Å². The number of hydrogen-bond donors (Lipinski definition) is 0. The summed E-state index contributed by atoms with van der Waals surface area (Å²) in [6.45, 7) is 0. The highest BCUT2D eigenvalue weighted by molar-refractivity contribution is 5.79. The molecule has 0 atom stereocenters. The van der Waals surface area contributed by atoms with Crippen LogP contribution in [0.3, 0.4) is 0 Å². The Bertz CT molecular complexity index is 714. The maximum absolute atomic E-state index is 5.21. The summed E-state index contributed by atoms with van der Waals surface area (Å²) in [4.78, 5) is 0. The first-order valence-electron chi connectivity index (χ1n) is 6.04. The van der Waals surface area contributed by atoms with Crippen LogP contribution in [0, 0.1) is 0 Å². The summed E-state index contributed by atoms with van der Waals surface area (Å²) < 4.78 is 5.21. The molecule has 1 aliphatic rings. The second kappa shape index (κ2) is 3.57. The number of rotatable bonds is 1. The number of fused-ring (bicyclic) bond motifs is 3. The molecular formula is C16H11NO. The van der Waals surface area contributed by atoms with Gasteiger partial charge in [0.1, 0.15) is 0 Å². The van der Waals surface area contributed by atoms with Crippen molar-refractivity contribution >= 4 is 0 Å². The molecule has 0 N–H and O–H groups in total. The van der Waals surface area contributed by atoms with E-state index in [9.17, 15) is 0 Å². The van der Waals surface area contributed by atoms with Gasteiger partial charge in [-0.25, -0.2) is 0 Å². The second-order valence-electron chi connectivity index (χ2n) is 4.58. The Labute approximate surface area is 105 Å². The summed E-state index contributed by atoms with van der Waals surface area (Å²) >= 11 is 0. The average molecular weight is 233 g/mol. The summed E-state index contributed by atoms with van der Waals surface area (Å²) in [6, 6.07) is 17.0. The molecule has 0 bridgehead atoms. The van der Waals surface area contributed by atoms with Crippen LogP contribution in [0.1, 0.15) is 11.1 Å². The van der Waals surface area contributed by atoms with Crippen molar-refractivity contribution in [3.05, 3.63) is 65.9 Å². The first kappa shape index (κ1) is 9.66. The van der Waals surface area contributed by atoms with Gasteiger partial charge in [-0.3, -0.25) is 0 Å². The van der Waals surface area contributed by atoms with Crippen LogP contribution in [-0.2, 0) is 6.42 Å². The molecule has 2 heteroatoms. The van der Waals surface area contributed by atoms with Gasteiger partial charge < -0.3 is 4.52 Å². The maximum atomic E-state index is 5.21. The van der Waals surface area contributed by atoms with Crippen molar-refractivity contribution in [2.75, 3.05) is 0 Å². The molecule has 1 aliphatic carbocycles. The molecule has 1 aromatic heterocycles. The summed E-state index contributed by atoms with van der Waals surface area (Å²) in [5, 5.41) is 3.76. The molecule has 0 saturated heterocycles. The normalized spacial score (nSPS) is 12.2. The Morgan fingerprint density at radius 3 is 2.67 bits per heavy atom. The van der Waals surface area contributed by atoms with Crippen LogP contribution < -0.4 is 0 Å². The predicted octanol–water partition coefficient (Wildman–Crippen LogP) is 3.91. The standard InChI is InChI=1S/C16H11NO/c1-2-4-14-11(3-1)9-13-10-12(5-6-15(13)14)16-7-8-17-18-16/h1-8,10H,9H2. The van der Waals surface area contributed by atoms with E-state index in [1.807, 2.05) is 6.07 Å². The molecule has 0 spiro atoms. The summed E-state index contributed by atoms with van der Waals surface area (Å²) in [6.07, 6.45) is 2.69. The maximum Gasteiger partial charge on any atom is 0.166 e.